The molecule has 2 atom stereocenters. The van der Waals surface area contributed by atoms with Gasteiger partial charge >= 0.3 is 6.09 Å². The minimum absolute atomic E-state index is 0.0162. The fraction of sp³-hybridized carbons (Fsp3) is 0.500. The summed E-state index contributed by atoms with van der Waals surface area (Å²) in [7, 11) is 0. The van der Waals surface area contributed by atoms with Gasteiger partial charge in [-0.2, -0.15) is 9.97 Å². The molecule has 2 N–H and O–H groups in total. The third-order valence-electron chi connectivity index (χ3n) is 3.73. The van der Waals surface area contributed by atoms with E-state index in [1.54, 1.807) is 27.1 Å². The Hall–Kier alpha value is -2.19. The normalized spacial score (nSPS) is 20.2. The number of carbonyl (C=O) groups is 1. The predicted octanol–water partition coefficient (Wildman–Crippen LogP) is 2.94. The molecule has 0 aromatic carbocycles. The van der Waals surface area contributed by atoms with E-state index in [2.05, 4.69) is 20.3 Å². The van der Waals surface area contributed by atoms with Crippen molar-refractivity contribution in [2.75, 3.05) is 11.9 Å². The van der Waals surface area contributed by atoms with Gasteiger partial charge in [0.2, 0.25) is 5.95 Å². The number of anilines is 1. The van der Waals surface area contributed by atoms with Crippen LogP contribution < -0.4 is 5.32 Å². The second-order valence-corrected chi connectivity index (χ2v) is 7.28. The molecule has 134 valence electrons. The van der Waals surface area contributed by atoms with Crippen LogP contribution in [0.1, 0.15) is 33.2 Å². The van der Waals surface area contributed by atoms with Crippen LogP contribution in [0.3, 0.4) is 0 Å². The summed E-state index contributed by atoms with van der Waals surface area (Å²) in [6.45, 7) is 5.40. The minimum atomic E-state index is -0.657. The molecule has 0 saturated heterocycles. The van der Waals surface area contributed by atoms with Crippen molar-refractivity contribution in [2.24, 2.45) is 5.92 Å². The van der Waals surface area contributed by atoms with Crippen molar-refractivity contribution in [3.63, 3.8) is 0 Å². The number of hydrogen-bond donors (Lipinski definition) is 2. The van der Waals surface area contributed by atoms with Gasteiger partial charge in [-0.15, -0.1) is 0 Å². The zero-order valence-electron chi connectivity index (χ0n) is 14.2. The van der Waals surface area contributed by atoms with Gasteiger partial charge in [0.15, 0.2) is 10.8 Å². The Morgan fingerprint density at radius 3 is 2.84 bits per heavy atom. The number of allylic oxidation sites excluding steroid dienone is 1. The maximum absolute atomic E-state index is 11.9. The first-order chi connectivity index (χ1) is 11.8. The number of aromatic nitrogens is 4. The van der Waals surface area contributed by atoms with Crippen LogP contribution in [0.15, 0.2) is 18.5 Å². The zero-order valence-corrected chi connectivity index (χ0v) is 15.0. The van der Waals surface area contributed by atoms with E-state index < -0.39 is 11.7 Å². The molecule has 2 aromatic rings. The van der Waals surface area contributed by atoms with Crippen LogP contribution in [0.2, 0.25) is 5.15 Å². The van der Waals surface area contributed by atoms with Crippen molar-refractivity contribution in [3.05, 3.63) is 23.6 Å². The van der Waals surface area contributed by atoms with Crippen LogP contribution in [0.25, 0.3) is 11.2 Å². The highest BCUT2D eigenvalue weighted by Gasteiger charge is 2.24. The Morgan fingerprint density at radius 1 is 1.44 bits per heavy atom. The van der Waals surface area contributed by atoms with Crippen LogP contribution in [-0.2, 0) is 4.74 Å². The Bertz CT molecular complexity index is 827. The molecule has 1 aliphatic carbocycles. The summed E-state index contributed by atoms with van der Waals surface area (Å²) in [4.78, 5) is 24.6. The van der Waals surface area contributed by atoms with Crippen LogP contribution >= 0.6 is 11.6 Å². The van der Waals surface area contributed by atoms with Gasteiger partial charge in [-0.3, -0.25) is 5.32 Å². The summed E-state index contributed by atoms with van der Waals surface area (Å²) < 4.78 is 7.06. The highest BCUT2D eigenvalue weighted by molar-refractivity contribution is 6.33. The number of nitrogens with zero attached hydrogens (tertiary/aromatic N) is 4. The quantitative estimate of drug-likeness (QED) is 0.640. The zero-order chi connectivity index (χ0) is 18.2. The van der Waals surface area contributed by atoms with Crippen molar-refractivity contribution in [3.8, 4) is 0 Å². The predicted molar refractivity (Wildman–Crippen MR) is 93.6 cm³/mol. The van der Waals surface area contributed by atoms with E-state index in [1.807, 2.05) is 16.7 Å². The molecule has 2 heterocycles. The van der Waals surface area contributed by atoms with Gasteiger partial charge in [0, 0.05) is 12.5 Å². The monoisotopic (exact) mass is 365 g/mol. The number of nitrogens with one attached hydrogen (secondary N) is 1. The molecule has 0 radical (unpaired) electrons. The van der Waals surface area contributed by atoms with Gasteiger partial charge in [-0.1, -0.05) is 23.8 Å². The molecule has 1 amide bonds. The molecule has 3 rings (SSSR count). The van der Waals surface area contributed by atoms with Crippen LogP contribution in [0, 0.1) is 5.92 Å². The molecule has 0 fully saturated rings. The Labute approximate surface area is 149 Å². The van der Waals surface area contributed by atoms with E-state index in [-0.39, 0.29) is 29.7 Å². The number of halogens is 1. The molecule has 1 aliphatic rings. The summed E-state index contributed by atoms with van der Waals surface area (Å²) >= 11 is 6.18. The Kier molecular flexibility index (Phi) is 4.66. The largest absolute Gasteiger partial charge is 0.444 e. The highest BCUT2D eigenvalue weighted by Crippen LogP contribution is 2.31. The molecular formula is C16H20ClN5O3. The fourth-order valence-electron chi connectivity index (χ4n) is 2.67. The minimum Gasteiger partial charge on any atom is -0.444 e. The first-order valence-electron chi connectivity index (χ1n) is 7.96. The summed E-state index contributed by atoms with van der Waals surface area (Å²) in [5, 5.41) is 11.9. The van der Waals surface area contributed by atoms with Crippen molar-refractivity contribution >= 4 is 34.8 Å². The second kappa shape index (κ2) is 6.61. The lowest BCUT2D eigenvalue weighted by atomic mass is 10.1. The number of imidazole rings is 1. The summed E-state index contributed by atoms with van der Waals surface area (Å²) in [5.41, 5.74) is 0.338. The first kappa shape index (κ1) is 17.6. The van der Waals surface area contributed by atoms with Crippen molar-refractivity contribution in [1.29, 1.82) is 0 Å². The molecule has 0 bridgehead atoms. The van der Waals surface area contributed by atoms with Crippen LogP contribution in [0.4, 0.5) is 10.7 Å². The summed E-state index contributed by atoms with van der Waals surface area (Å²) in [6, 6.07) is 0.0162. The lowest BCUT2D eigenvalue weighted by Gasteiger charge is -2.19. The van der Waals surface area contributed by atoms with Crippen LogP contribution in [0.5, 0.6) is 0 Å². The Balaban J connectivity index is 1.88. The van der Waals surface area contributed by atoms with Gasteiger partial charge in [0.1, 0.15) is 11.1 Å². The average molecular weight is 366 g/mol. The average Bonchev–Trinajstić information content (AvgIpc) is 3.10. The molecule has 0 aliphatic heterocycles. The third kappa shape index (κ3) is 3.91. The van der Waals surface area contributed by atoms with Gasteiger partial charge in [0.25, 0.3) is 0 Å². The highest BCUT2D eigenvalue weighted by atomic mass is 35.5. The third-order valence-corrected chi connectivity index (χ3v) is 4.00. The number of aliphatic hydroxyl groups is 1. The lowest BCUT2D eigenvalue weighted by molar-refractivity contribution is 0.0634. The molecule has 2 aromatic heterocycles. The van der Waals surface area contributed by atoms with E-state index in [0.717, 1.165) is 6.42 Å². The molecule has 8 nitrogen and oxygen atoms in total. The number of fused-ring (bicyclic) bond motifs is 1. The van der Waals surface area contributed by atoms with Crippen molar-refractivity contribution in [1.82, 2.24) is 19.5 Å². The van der Waals surface area contributed by atoms with E-state index >= 15 is 0 Å². The second-order valence-electron chi connectivity index (χ2n) is 6.92. The van der Waals surface area contributed by atoms with Gasteiger partial charge in [-0.05, 0) is 27.2 Å². The Morgan fingerprint density at radius 2 is 2.20 bits per heavy atom. The van der Waals surface area contributed by atoms with Crippen molar-refractivity contribution < 1.29 is 14.6 Å². The molecule has 0 unspecified atom stereocenters. The fourth-order valence-corrected chi connectivity index (χ4v) is 2.88. The number of aliphatic hydroxyl groups excluding tert-OH is 1. The SMILES string of the molecule is CC(C)(C)OC(=O)Nc1nc(Cl)c2ncn([C@H]3C=C[C@@H](CO)C3)c2n1. The van der Waals surface area contributed by atoms with E-state index in [0.29, 0.717) is 11.2 Å². The number of rotatable bonds is 3. The number of carbonyl (C=O) groups excluding carboxylic acids is 1. The molecule has 0 spiro atoms. The maximum Gasteiger partial charge on any atom is 0.414 e. The molecule has 25 heavy (non-hydrogen) atoms. The topological polar surface area (TPSA) is 102 Å². The maximum atomic E-state index is 11.9. The number of amides is 1. The van der Waals surface area contributed by atoms with E-state index in [4.69, 9.17) is 16.3 Å². The molecule has 0 saturated carbocycles. The van der Waals surface area contributed by atoms with E-state index in [1.165, 1.54) is 0 Å². The van der Waals surface area contributed by atoms with Gasteiger partial charge in [-0.25, -0.2) is 9.78 Å². The van der Waals surface area contributed by atoms with Crippen LogP contribution in [-0.4, -0.2) is 42.9 Å². The van der Waals surface area contributed by atoms with E-state index in [9.17, 15) is 9.90 Å². The number of ether oxygens (including phenoxy) is 1. The van der Waals surface area contributed by atoms with Gasteiger partial charge < -0.3 is 14.4 Å². The van der Waals surface area contributed by atoms with Crippen molar-refractivity contribution in [2.45, 2.75) is 38.8 Å². The first-order valence-corrected chi connectivity index (χ1v) is 8.34. The summed E-state index contributed by atoms with van der Waals surface area (Å²) in [6.07, 6.45) is 5.70. The molecule has 9 heteroatoms. The smallest absolute Gasteiger partial charge is 0.414 e. The summed E-state index contributed by atoms with van der Waals surface area (Å²) in [5.74, 6) is 0.160. The molecular weight excluding hydrogens is 346 g/mol. The lowest BCUT2D eigenvalue weighted by Crippen LogP contribution is -2.27. The standard InChI is InChI=1S/C16H20ClN5O3/c1-16(2,3)25-15(24)21-14-19-12(17)11-13(20-14)22(8-18-11)10-5-4-9(6-10)7-23/h4-5,8-10,23H,6-7H2,1-3H3,(H,19,20,21,24)/t9-,10+/m1/s1. The number of hydrogen-bond acceptors (Lipinski definition) is 6. The van der Waals surface area contributed by atoms with Gasteiger partial charge in [0.05, 0.1) is 12.4 Å².